The number of thiophene rings is 1. The van der Waals surface area contributed by atoms with Gasteiger partial charge in [0.2, 0.25) is 6.29 Å². The number of ether oxygens (including phenoxy) is 2. The van der Waals surface area contributed by atoms with Crippen LogP contribution in [0.3, 0.4) is 0 Å². The number of carbonyl (C=O) groups is 1. The van der Waals surface area contributed by atoms with Crippen LogP contribution in [0.4, 0.5) is 0 Å². The first-order valence-corrected chi connectivity index (χ1v) is 10.1. The van der Waals surface area contributed by atoms with Crippen LogP contribution >= 0.6 is 11.3 Å². The van der Waals surface area contributed by atoms with E-state index in [1.165, 1.54) is 18.4 Å². The molecule has 0 aromatic carbocycles. The second-order valence-electron chi connectivity index (χ2n) is 6.73. The number of nitrogens with one attached hydrogen (secondary N) is 1. The SMILES string of the molecule is O=C(NC1CCCC1)C1=C[C@H](c2ccsc2)C[C@H](OCCCCO)O1. The molecule has 0 saturated heterocycles. The highest BCUT2D eigenvalue weighted by molar-refractivity contribution is 7.08. The molecule has 138 valence electrons. The number of aliphatic hydroxyl groups excluding tert-OH is 1. The minimum atomic E-state index is -0.419. The molecule has 2 heterocycles. The zero-order valence-electron chi connectivity index (χ0n) is 14.5. The van der Waals surface area contributed by atoms with Crippen molar-refractivity contribution in [3.63, 3.8) is 0 Å². The molecule has 0 bridgehead atoms. The first-order valence-electron chi connectivity index (χ1n) is 9.20. The van der Waals surface area contributed by atoms with Crippen LogP contribution in [0, 0.1) is 0 Å². The van der Waals surface area contributed by atoms with Crippen molar-refractivity contribution in [2.75, 3.05) is 13.2 Å². The van der Waals surface area contributed by atoms with E-state index in [4.69, 9.17) is 14.6 Å². The van der Waals surface area contributed by atoms with E-state index in [9.17, 15) is 4.79 Å². The Morgan fingerprint density at radius 1 is 1.36 bits per heavy atom. The molecule has 2 N–H and O–H groups in total. The van der Waals surface area contributed by atoms with Gasteiger partial charge >= 0.3 is 0 Å². The summed E-state index contributed by atoms with van der Waals surface area (Å²) in [6.07, 6.45) is 8.17. The maximum absolute atomic E-state index is 12.6. The minimum absolute atomic E-state index is 0.129. The van der Waals surface area contributed by atoms with Gasteiger partial charge in [-0.3, -0.25) is 4.79 Å². The molecule has 2 aliphatic rings. The third-order valence-corrected chi connectivity index (χ3v) is 5.50. The highest BCUT2D eigenvalue weighted by atomic mass is 32.1. The van der Waals surface area contributed by atoms with Crippen LogP contribution in [0.15, 0.2) is 28.7 Å². The van der Waals surface area contributed by atoms with Crippen LogP contribution in [0.2, 0.25) is 0 Å². The van der Waals surface area contributed by atoms with E-state index in [0.717, 1.165) is 19.3 Å². The zero-order chi connectivity index (χ0) is 17.5. The Balaban J connectivity index is 1.64. The van der Waals surface area contributed by atoms with Crippen LogP contribution in [-0.2, 0) is 14.3 Å². The van der Waals surface area contributed by atoms with E-state index in [2.05, 4.69) is 16.8 Å². The molecule has 1 amide bonds. The summed E-state index contributed by atoms with van der Waals surface area (Å²) in [6.45, 7) is 0.695. The van der Waals surface area contributed by atoms with Crippen LogP contribution in [0.25, 0.3) is 0 Å². The molecule has 6 heteroatoms. The van der Waals surface area contributed by atoms with Gasteiger partial charge in [-0.05, 0) is 54.1 Å². The maximum atomic E-state index is 12.6. The van der Waals surface area contributed by atoms with E-state index in [-0.39, 0.29) is 24.5 Å². The summed E-state index contributed by atoms with van der Waals surface area (Å²) in [6, 6.07) is 2.36. The number of unbranched alkanes of at least 4 members (excludes halogenated alkanes) is 1. The summed E-state index contributed by atoms with van der Waals surface area (Å²) >= 11 is 1.66. The number of rotatable bonds is 8. The average Bonchev–Trinajstić information content (AvgIpc) is 3.32. The second-order valence-corrected chi connectivity index (χ2v) is 7.51. The Bertz CT molecular complexity index is 566. The monoisotopic (exact) mass is 365 g/mol. The van der Waals surface area contributed by atoms with Crippen LogP contribution in [0.1, 0.15) is 56.4 Å². The van der Waals surface area contributed by atoms with Crippen molar-refractivity contribution >= 4 is 17.2 Å². The van der Waals surface area contributed by atoms with Gasteiger partial charge < -0.3 is 19.9 Å². The molecule has 2 atom stereocenters. The van der Waals surface area contributed by atoms with Gasteiger partial charge in [-0.25, -0.2) is 0 Å². The van der Waals surface area contributed by atoms with Gasteiger partial charge in [-0.2, -0.15) is 11.3 Å². The Hall–Kier alpha value is -1.37. The molecule has 3 rings (SSSR count). The number of allylic oxidation sites excluding steroid dienone is 1. The quantitative estimate of drug-likeness (QED) is 0.694. The number of hydrogen-bond acceptors (Lipinski definition) is 5. The first-order chi connectivity index (χ1) is 12.3. The molecule has 0 radical (unpaired) electrons. The van der Waals surface area contributed by atoms with E-state index >= 15 is 0 Å². The highest BCUT2D eigenvalue weighted by Crippen LogP contribution is 2.33. The van der Waals surface area contributed by atoms with E-state index < -0.39 is 6.29 Å². The molecule has 0 unspecified atom stereocenters. The lowest BCUT2D eigenvalue weighted by molar-refractivity contribution is -0.146. The topological polar surface area (TPSA) is 67.8 Å². The Morgan fingerprint density at radius 2 is 2.20 bits per heavy atom. The van der Waals surface area contributed by atoms with Crippen molar-refractivity contribution < 1.29 is 19.4 Å². The van der Waals surface area contributed by atoms with Crippen molar-refractivity contribution in [3.8, 4) is 0 Å². The predicted octanol–water partition coefficient (Wildman–Crippen LogP) is 3.31. The van der Waals surface area contributed by atoms with Crippen LogP contribution < -0.4 is 5.32 Å². The number of hydrogen-bond donors (Lipinski definition) is 2. The molecule has 1 aliphatic carbocycles. The summed E-state index contributed by atoms with van der Waals surface area (Å²) in [5, 5.41) is 16.1. The molecule has 0 spiro atoms. The van der Waals surface area contributed by atoms with Crippen molar-refractivity contribution in [3.05, 3.63) is 34.2 Å². The normalized spacial score (nSPS) is 24.0. The third-order valence-electron chi connectivity index (χ3n) is 4.80. The van der Waals surface area contributed by atoms with Crippen molar-refractivity contribution in [2.45, 2.75) is 63.2 Å². The van der Waals surface area contributed by atoms with Gasteiger partial charge in [0.15, 0.2) is 5.76 Å². The Labute approximate surface area is 153 Å². The Kier molecular flexibility index (Phi) is 6.90. The average molecular weight is 365 g/mol. The maximum Gasteiger partial charge on any atom is 0.286 e. The fraction of sp³-hybridized carbons (Fsp3) is 0.632. The van der Waals surface area contributed by atoms with Gasteiger partial charge in [0.25, 0.3) is 5.91 Å². The molecule has 1 fully saturated rings. The smallest absolute Gasteiger partial charge is 0.286 e. The van der Waals surface area contributed by atoms with Crippen molar-refractivity contribution in [1.82, 2.24) is 5.32 Å². The lowest BCUT2D eigenvalue weighted by atomic mass is 9.95. The third kappa shape index (κ3) is 5.30. The lowest BCUT2D eigenvalue weighted by Crippen LogP contribution is -2.37. The zero-order valence-corrected chi connectivity index (χ0v) is 15.3. The molecular formula is C19H27NO4S. The van der Waals surface area contributed by atoms with Crippen LogP contribution in [-0.4, -0.2) is 36.6 Å². The molecule has 1 aromatic heterocycles. The van der Waals surface area contributed by atoms with Gasteiger partial charge in [0, 0.05) is 25.0 Å². The van der Waals surface area contributed by atoms with Gasteiger partial charge in [0.1, 0.15) is 0 Å². The molecule has 25 heavy (non-hydrogen) atoms. The van der Waals surface area contributed by atoms with E-state index in [0.29, 0.717) is 25.2 Å². The number of amides is 1. The summed E-state index contributed by atoms with van der Waals surface area (Å²) in [4.78, 5) is 12.6. The van der Waals surface area contributed by atoms with Crippen LogP contribution in [0.5, 0.6) is 0 Å². The van der Waals surface area contributed by atoms with Gasteiger partial charge in [-0.1, -0.05) is 12.8 Å². The van der Waals surface area contributed by atoms with Crippen molar-refractivity contribution in [1.29, 1.82) is 0 Å². The van der Waals surface area contributed by atoms with E-state index in [1.54, 1.807) is 11.3 Å². The van der Waals surface area contributed by atoms with Gasteiger partial charge in [-0.15, -0.1) is 0 Å². The summed E-state index contributed by atoms with van der Waals surface area (Å²) < 4.78 is 11.6. The summed E-state index contributed by atoms with van der Waals surface area (Å²) in [5.74, 6) is 0.379. The fourth-order valence-corrected chi connectivity index (χ4v) is 4.12. The largest absolute Gasteiger partial charge is 0.459 e. The summed E-state index contributed by atoms with van der Waals surface area (Å²) in [5.41, 5.74) is 1.20. The molecular weight excluding hydrogens is 338 g/mol. The van der Waals surface area contributed by atoms with Gasteiger partial charge in [0.05, 0.1) is 6.61 Å². The molecule has 5 nitrogen and oxygen atoms in total. The molecule has 1 aromatic rings. The van der Waals surface area contributed by atoms with Crippen molar-refractivity contribution in [2.24, 2.45) is 0 Å². The highest BCUT2D eigenvalue weighted by Gasteiger charge is 2.30. The lowest BCUT2D eigenvalue weighted by Gasteiger charge is -2.29. The predicted molar refractivity (Wildman–Crippen MR) is 97.3 cm³/mol. The number of aliphatic hydroxyl groups is 1. The number of carbonyl (C=O) groups excluding carboxylic acids is 1. The molecule has 1 saturated carbocycles. The molecule has 1 aliphatic heterocycles. The summed E-state index contributed by atoms with van der Waals surface area (Å²) in [7, 11) is 0. The Morgan fingerprint density at radius 3 is 2.92 bits per heavy atom. The van der Waals surface area contributed by atoms with E-state index in [1.807, 2.05) is 11.5 Å². The standard InChI is InChI=1S/C19H27NO4S/c21-8-3-4-9-23-18-12-15(14-7-10-25-13-14)11-17(24-18)19(22)20-16-5-1-2-6-16/h7,10-11,13,15-16,18,21H,1-6,8-9,12H2,(H,20,22)/t15-,18+/m0/s1. The minimum Gasteiger partial charge on any atom is -0.459 e. The fourth-order valence-electron chi connectivity index (χ4n) is 3.39. The first kappa shape index (κ1) is 18.4. The second kappa shape index (κ2) is 9.36.